The van der Waals surface area contributed by atoms with Crippen molar-refractivity contribution in [2.24, 2.45) is 5.41 Å². The van der Waals surface area contributed by atoms with Crippen LogP contribution in [-0.2, 0) is 9.36 Å². The summed E-state index contributed by atoms with van der Waals surface area (Å²) < 4.78 is 11.5. The molecule has 1 aliphatic heterocycles. The monoisotopic (exact) mass is 263 g/mol. The first-order chi connectivity index (χ1) is 7.85. The van der Waals surface area contributed by atoms with Crippen molar-refractivity contribution in [3.05, 3.63) is 0 Å². The minimum absolute atomic E-state index is 0.331. The first kappa shape index (κ1) is 13.0. The summed E-state index contributed by atoms with van der Waals surface area (Å²) in [5, 5.41) is 11.9. The zero-order chi connectivity index (χ0) is 12.7. The Balaban J connectivity index is 2.22. The molecule has 4 N–H and O–H groups in total. The van der Waals surface area contributed by atoms with Crippen molar-refractivity contribution in [3.8, 4) is 0 Å². The van der Waals surface area contributed by atoms with Crippen LogP contribution in [0.4, 0.5) is 0 Å². The van der Waals surface area contributed by atoms with E-state index in [4.69, 9.17) is 5.11 Å². The molecule has 1 saturated heterocycles. The van der Waals surface area contributed by atoms with Gasteiger partial charge in [-0.3, -0.25) is 9.36 Å². The third kappa shape index (κ3) is 2.40. The third-order valence-corrected chi connectivity index (χ3v) is 5.81. The van der Waals surface area contributed by atoms with Gasteiger partial charge >= 0.3 is 13.6 Å². The van der Waals surface area contributed by atoms with Gasteiger partial charge in [0.05, 0.1) is 5.66 Å². The van der Waals surface area contributed by atoms with Crippen LogP contribution in [0.1, 0.15) is 32.1 Å². The van der Waals surface area contributed by atoms with Gasteiger partial charge in [-0.25, -0.2) is 0 Å². The Morgan fingerprint density at radius 3 is 2.65 bits per heavy atom. The lowest BCUT2D eigenvalue weighted by molar-refractivity contribution is -0.141. The van der Waals surface area contributed by atoms with Crippen LogP contribution in [0, 0.1) is 5.41 Å². The highest BCUT2D eigenvalue weighted by Crippen LogP contribution is 2.61. The maximum atomic E-state index is 11.5. The summed E-state index contributed by atoms with van der Waals surface area (Å²) >= 11 is 0. The van der Waals surface area contributed by atoms with Gasteiger partial charge in [0.25, 0.3) is 0 Å². The van der Waals surface area contributed by atoms with E-state index in [0.29, 0.717) is 25.8 Å². The number of nitrogens with one attached hydrogen (secondary N) is 1. The summed E-state index contributed by atoms with van der Waals surface area (Å²) in [4.78, 5) is 29.8. The summed E-state index contributed by atoms with van der Waals surface area (Å²) in [6.07, 6.45) is 3.01. The average Bonchev–Trinajstić information content (AvgIpc) is 2.61. The van der Waals surface area contributed by atoms with Crippen LogP contribution in [0.25, 0.3) is 0 Å². The number of carbonyl (C=O) groups is 1. The van der Waals surface area contributed by atoms with Gasteiger partial charge in [-0.05, 0) is 37.6 Å². The first-order valence-corrected chi connectivity index (χ1v) is 7.55. The number of hydrogen-bond acceptors (Lipinski definition) is 3. The predicted octanol–water partition coefficient (Wildman–Crippen LogP) is 0.540. The number of aliphatic carboxylic acids is 1. The van der Waals surface area contributed by atoms with Crippen LogP contribution in [0.15, 0.2) is 0 Å². The third-order valence-electron chi connectivity index (χ3n) is 4.19. The van der Waals surface area contributed by atoms with Crippen molar-refractivity contribution < 1.29 is 24.3 Å². The Kier molecular flexibility index (Phi) is 3.34. The van der Waals surface area contributed by atoms with E-state index in [1.165, 1.54) is 0 Å². The Morgan fingerprint density at radius 2 is 2.06 bits per heavy atom. The fraction of sp³-hybridized carbons (Fsp3) is 0.900. The number of hydrogen-bond donors (Lipinski definition) is 4. The molecule has 0 amide bonds. The second-order valence-electron chi connectivity index (χ2n) is 5.16. The predicted molar refractivity (Wildman–Crippen MR) is 60.8 cm³/mol. The van der Waals surface area contributed by atoms with Crippen molar-refractivity contribution >= 4 is 13.6 Å². The van der Waals surface area contributed by atoms with Crippen molar-refractivity contribution in [3.63, 3.8) is 0 Å². The van der Waals surface area contributed by atoms with Crippen molar-refractivity contribution in [1.29, 1.82) is 0 Å². The molecular formula is C10H18NO5P. The highest BCUT2D eigenvalue weighted by atomic mass is 31.2. The lowest BCUT2D eigenvalue weighted by Crippen LogP contribution is -2.50. The highest BCUT2D eigenvalue weighted by molar-refractivity contribution is 7.52. The Morgan fingerprint density at radius 1 is 1.35 bits per heavy atom. The lowest BCUT2D eigenvalue weighted by atomic mass is 9.74. The van der Waals surface area contributed by atoms with Crippen LogP contribution in [0.3, 0.4) is 0 Å². The maximum absolute atomic E-state index is 11.5. The van der Waals surface area contributed by atoms with Gasteiger partial charge in [-0.15, -0.1) is 0 Å². The second-order valence-corrected chi connectivity index (χ2v) is 6.96. The SMILES string of the molecule is O=C(O)[C@H]1C[C@]2(CCC[C@H]2P(=O)(O)O)CCN1. The van der Waals surface area contributed by atoms with E-state index in [9.17, 15) is 19.1 Å². The topological polar surface area (TPSA) is 107 Å². The number of carboxylic acids is 1. The molecule has 1 aliphatic carbocycles. The highest BCUT2D eigenvalue weighted by Gasteiger charge is 2.53. The number of rotatable bonds is 2. The van der Waals surface area contributed by atoms with E-state index in [-0.39, 0.29) is 0 Å². The van der Waals surface area contributed by atoms with Crippen molar-refractivity contribution in [1.82, 2.24) is 5.32 Å². The molecule has 0 bridgehead atoms. The van der Waals surface area contributed by atoms with Gasteiger partial charge in [0.1, 0.15) is 6.04 Å². The molecule has 98 valence electrons. The summed E-state index contributed by atoms with van der Waals surface area (Å²) in [7, 11) is -4.12. The molecule has 1 spiro atoms. The van der Waals surface area contributed by atoms with Gasteiger partial charge in [0.15, 0.2) is 0 Å². The number of piperidine rings is 1. The standard InChI is InChI=1S/C10H18NO5P/c12-9(13)7-6-10(4-5-11-7)3-1-2-8(10)17(14,15)16/h7-8,11H,1-6H2,(H,12,13)(H2,14,15,16)/t7-,8-,10+/m1/s1. The molecule has 17 heavy (non-hydrogen) atoms. The van der Waals surface area contributed by atoms with Gasteiger partial charge in [0, 0.05) is 0 Å². The summed E-state index contributed by atoms with van der Waals surface area (Å²) in [5.41, 5.74) is -1.13. The summed E-state index contributed by atoms with van der Waals surface area (Å²) in [6.45, 7) is 0.521. The molecule has 1 heterocycles. The van der Waals surface area contributed by atoms with E-state index in [2.05, 4.69) is 5.32 Å². The van der Waals surface area contributed by atoms with Crippen LogP contribution < -0.4 is 5.32 Å². The van der Waals surface area contributed by atoms with E-state index < -0.39 is 30.7 Å². The molecule has 0 aromatic carbocycles. The molecule has 6 nitrogen and oxygen atoms in total. The molecule has 7 heteroatoms. The maximum Gasteiger partial charge on any atom is 0.329 e. The second kappa shape index (κ2) is 4.35. The largest absolute Gasteiger partial charge is 0.480 e. The van der Waals surface area contributed by atoms with Gasteiger partial charge in [-0.2, -0.15) is 0 Å². The normalized spacial score (nSPS) is 38.5. The molecule has 3 atom stereocenters. The Labute approximate surface area is 99.6 Å². The minimum Gasteiger partial charge on any atom is -0.480 e. The smallest absolute Gasteiger partial charge is 0.329 e. The first-order valence-electron chi connectivity index (χ1n) is 5.87. The van der Waals surface area contributed by atoms with Crippen molar-refractivity contribution in [2.45, 2.75) is 43.8 Å². The lowest BCUT2D eigenvalue weighted by Gasteiger charge is -2.41. The van der Waals surface area contributed by atoms with Gasteiger partial charge in [0.2, 0.25) is 0 Å². The van der Waals surface area contributed by atoms with Crippen LogP contribution in [-0.4, -0.2) is 39.1 Å². The molecule has 0 radical (unpaired) electrons. The molecular weight excluding hydrogens is 245 g/mol. The quantitative estimate of drug-likeness (QED) is 0.542. The minimum atomic E-state index is -4.12. The zero-order valence-corrected chi connectivity index (χ0v) is 10.4. The Bertz CT molecular complexity index is 368. The Hall–Kier alpha value is -0.420. The fourth-order valence-electron chi connectivity index (χ4n) is 3.43. The molecule has 1 saturated carbocycles. The summed E-state index contributed by atoms with van der Waals surface area (Å²) in [6, 6.07) is -0.670. The van der Waals surface area contributed by atoms with Crippen LogP contribution in [0.5, 0.6) is 0 Å². The fourth-order valence-corrected chi connectivity index (χ4v) is 5.02. The van der Waals surface area contributed by atoms with E-state index in [1.807, 2.05) is 0 Å². The molecule has 2 fully saturated rings. The average molecular weight is 263 g/mol. The molecule has 2 aliphatic rings. The molecule has 0 aromatic heterocycles. The van der Waals surface area contributed by atoms with Crippen LogP contribution in [0.2, 0.25) is 0 Å². The molecule has 2 rings (SSSR count). The zero-order valence-electron chi connectivity index (χ0n) is 9.50. The van der Waals surface area contributed by atoms with Gasteiger partial charge in [-0.1, -0.05) is 6.42 Å². The number of carboxylic acid groups (broad SMARTS) is 1. The molecule has 0 unspecified atom stereocenters. The van der Waals surface area contributed by atoms with E-state index in [0.717, 1.165) is 12.8 Å². The molecule has 0 aromatic rings. The van der Waals surface area contributed by atoms with Gasteiger partial charge < -0.3 is 20.2 Å². The van der Waals surface area contributed by atoms with Crippen molar-refractivity contribution in [2.75, 3.05) is 6.54 Å². The van der Waals surface area contributed by atoms with Crippen LogP contribution >= 0.6 is 7.60 Å². The van der Waals surface area contributed by atoms with E-state index >= 15 is 0 Å². The van der Waals surface area contributed by atoms with E-state index in [1.54, 1.807) is 0 Å². The summed E-state index contributed by atoms with van der Waals surface area (Å²) in [5.74, 6) is -0.930.